The SMILES string of the molecule is CO[N+](=O)c1cccc(S(=O)Nc2nc3ccccc3nc2NC2C=CC(C(=O)O)CC2)c1. The Morgan fingerprint density at radius 1 is 1.09 bits per heavy atom. The Labute approximate surface area is 191 Å². The fourth-order valence-electron chi connectivity index (χ4n) is 3.46. The van der Waals surface area contributed by atoms with Gasteiger partial charge in [-0.05, 0) is 31.0 Å². The van der Waals surface area contributed by atoms with Gasteiger partial charge in [-0.25, -0.2) is 19.0 Å². The van der Waals surface area contributed by atoms with Gasteiger partial charge in [0, 0.05) is 18.2 Å². The molecule has 0 spiro atoms. The molecule has 3 atom stereocenters. The molecule has 1 heterocycles. The van der Waals surface area contributed by atoms with Crippen molar-refractivity contribution in [3.05, 3.63) is 65.6 Å². The van der Waals surface area contributed by atoms with E-state index in [0.29, 0.717) is 39.5 Å². The Morgan fingerprint density at radius 2 is 1.82 bits per heavy atom. The minimum atomic E-state index is -1.74. The zero-order chi connectivity index (χ0) is 23.4. The van der Waals surface area contributed by atoms with Gasteiger partial charge in [-0.3, -0.25) is 9.52 Å². The monoisotopic (exact) mass is 468 g/mol. The van der Waals surface area contributed by atoms with Crippen LogP contribution in [0.3, 0.4) is 0 Å². The topological polar surface area (TPSA) is 134 Å². The molecule has 2 aromatic carbocycles. The average molecular weight is 469 g/mol. The first-order valence-electron chi connectivity index (χ1n) is 10.2. The number of carboxylic acids is 1. The van der Waals surface area contributed by atoms with Crippen molar-refractivity contribution in [3.63, 3.8) is 0 Å². The lowest BCUT2D eigenvalue weighted by molar-refractivity contribution is -0.736. The number of nitrogens with one attached hydrogen (secondary N) is 2. The molecule has 1 aromatic heterocycles. The van der Waals surface area contributed by atoms with Crippen LogP contribution in [0, 0.1) is 10.8 Å². The Kier molecular flexibility index (Phi) is 6.59. The van der Waals surface area contributed by atoms with Gasteiger partial charge in [0.2, 0.25) is 0 Å². The maximum Gasteiger partial charge on any atom is 0.318 e. The predicted molar refractivity (Wildman–Crippen MR) is 123 cm³/mol. The normalized spacial score (nSPS) is 18.5. The Balaban J connectivity index is 1.62. The third-order valence-electron chi connectivity index (χ3n) is 5.17. The highest BCUT2D eigenvalue weighted by Crippen LogP contribution is 2.27. The summed E-state index contributed by atoms with van der Waals surface area (Å²) in [7, 11) is -0.498. The lowest BCUT2D eigenvalue weighted by Crippen LogP contribution is -2.26. The van der Waals surface area contributed by atoms with Crippen LogP contribution in [0.2, 0.25) is 0 Å². The van der Waals surface area contributed by atoms with Gasteiger partial charge in [-0.15, -0.1) is 0 Å². The minimum absolute atomic E-state index is 0.149. The molecule has 3 aromatic rings. The summed E-state index contributed by atoms with van der Waals surface area (Å²) in [6, 6.07) is 13.4. The van der Waals surface area contributed by atoms with E-state index >= 15 is 0 Å². The Bertz CT molecular complexity index is 1260. The second-order valence-corrected chi connectivity index (χ2v) is 8.59. The Hall–Kier alpha value is -3.86. The highest BCUT2D eigenvalue weighted by molar-refractivity contribution is 7.86. The highest BCUT2D eigenvalue weighted by Gasteiger charge is 2.23. The van der Waals surface area contributed by atoms with Crippen LogP contribution >= 0.6 is 0 Å². The van der Waals surface area contributed by atoms with Crippen LogP contribution in [0.25, 0.3) is 11.0 Å². The zero-order valence-electron chi connectivity index (χ0n) is 17.7. The number of nitrogens with zero attached hydrogens (tertiary/aromatic N) is 3. The number of fused-ring (bicyclic) bond motifs is 1. The molecule has 11 heteroatoms. The predicted octanol–water partition coefficient (Wildman–Crippen LogP) is 3.57. The zero-order valence-corrected chi connectivity index (χ0v) is 18.5. The molecule has 3 unspecified atom stereocenters. The maximum atomic E-state index is 13.0. The molecule has 33 heavy (non-hydrogen) atoms. The molecule has 170 valence electrons. The standard InChI is InChI=1S/C22H21N5O5S/c1-32-27(30)16-5-4-6-17(13-16)33(31)26-21-20(24-18-7-2-3-8-19(18)25-21)23-15-11-9-14(10-12-15)22(28)29/h2-9,11,13-15H,10,12H2,1H3,(H2-,23,24,25,26,28,29)/p+1. The lowest BCUT2D eigenvalue weighted by Gasteiger charge is -2.23. The number of carbonyl (C=O) groups is 1. The van der Waals surface area contributed by atoms with Crippen molar-refractivity contribution < 1.29 is 23.9 Å². The molecular weight excluding hydrogens is 446 g/mol. The molecule has 1 aliphatic rings. The second-order valence-electron chi connectivity index (χ2n) is 7.38. The van der Waals surface area contributed by atoms with Crippen LogP contribution in [0.1, 0.15) is 12.8 Å². The van der Waals surface area contributed by atoms with Crippen LogP contribution in [0.5, 0.6) is 0 Å². The first-order valence-corrected chi connectivity index (χ1v) is 11.3. The number of para-hydroxylation sites is 2. The van der Waals surface area contributed by atoms with Crippen LogP contribution in [-0.2, 0) is 20.6 Å². The van der Waals surface area contributed by atoms with Crippen molar-refractivity contribution in [2.24, 2.45) is 5.92 Å². The van der Waals surface area contributed by atoms with Gasteiger partial charge >= 0.3 is 11.7 Å². The molecule has 3 N–H and O–H groups in total. The van der Waals surface area contributed by atoms with Crippen molar-refractivity contribution in [3.8, 4) is 0 Å². The average Bonchev–Trinajstić information content (AvgIpc) is 2.84. The number of hydrogen-bond acceptors (Lipinski definition) is 7. The molecule has 0 saturated carbocycles. The maximum absolute atomic E-state index is 13.0. The molecule has 0 fully saturated rings. The summed E-state index contributed by atoms with van der Waals surface area (Å²) in [6.45, 7) is 0. The molecule has 0 aliphatic heterocycles. The summed E-state index contributed by atoms with van der Waals surface area (Å²) in [5.74, 6) is -0.683. The largest absolute Gasteiger partial charge is 0.481 e. The first kappa shape index (κ1) is 22.3. The molecule has 1 aliphatic carbocycles. The van der Waals surface area contributed by atoms with Crippen LogP contribution in [0.15, 0.2) is 65.6 Å². The van der Waals surface area contributed by atoms with E-state index in [-0.39, 0.29) is 17.5 Å². The van der Waals surface area contributed by atoms with E-state index in [0.717, 1.165) is 0 Å². The highest BCUT2D eigenvalue weighted by atomic mass is 32.2. The third-order valence-corrected chi connectivity index (χ3v) is 6.23. The van der Waals surface area contributed by atoms with E-state index < -0.39 is 22.9 Å². The molecule has 0 bridgehead atoms. The summed E-state index contributed by atoms with van der Waals surface area (Å²) >= 11 is 0. The van der Waals surface area contributed by atoms with Gasteiger partial charge in [0.25, 0.3) is 4.92 Å². The number of aliphatic carboxylic acids is 1. The summed E-state index contributed by atoms with van der Waals surface area (Å²) in [6.07, 6.45) is 4.57. The van der Waals surface area contributed by atoms with Crippen molar-refractivity contribution in [2.45, 2.75) is 23.8 Å². The summed E-state index contributed by atoms with van der Waals surface area (Å²) in [5.41, 5.74) is 1.48. The number of rotatable bonds is 8. The number of benzene rings is 2. The van der Waals surface area contributed by atoms with Gasteiger partial charge in [-0.1, -0.05) is 30.4 Å². The van der Waals surface area contributed by atoms with Crippen LogP contribution in [-0.4, -0.2) is 43.3 Å². The van der Waals surface area contributed by atoms with E-state index in [4.69, 9.17) is 0 Å². The minimum Gasteiger partial charge on any atom is -0.481 e. The summed E-state index contributed by atoms with van der Waals surface area (Å²) < 4.78 is 15.9. The first-order chi connectivity index (χ1) is 15.9. The molecule has 10 nitrogen and oxygen atoms in total. The lowest BCUT2D eigenvalue weighted by atomic mass is 9.93. The van der Waals surface area contributed by atoms with E-state index in [9.17, 15) is 19.0 Å². The number of hydrogen-bond donors (Lipinski definition) is 3. The van der Waals surface area contributed by atoms with E-state index in [1.807, 2.05) is 18.2 Å². The quantitative estimate of drug-likeness (QED) is 0.337. The van der Waals surface area contributed by atoms with Gasteiger partial charge in [-0.2, -0.15) is 0 Å². The molecule has 0 radical (unpaired) electrons. The fraction of sp³-hybridized carbons (Fsp3) is 0.227. The second kappa shape index (κ2) is 9.74. The third kappa shape index (κ3) is 5.14. The number of aromatic nitrogens is 2. The van der Waals surface area contributed by atoms with Crippen LogP contribution < -0.4 is 10.0 Å². The molecule has 0 saturated heterocycles. The molecular formula is C22H22N5O5S+. The van der Waals surface area contributed by atoms with Crippen molar-refractivity contribution in [1.29, 1.82) is 0 Å². The Morgan fingerprint density at radius 3 is 2.45 bits per heavy atom. The van der Waals surface area contributed by atoms with Crippen molar-refractivity contribution >= 4 is 45.3 Å². The van der Waals surface area contributed by atoms with Gasteiger partial charge in [0.1, 0.15) is 0 Å². The smallest absolute Gasteiger partial charge is 0.318 e. The fourth-order valence-corrected chi connectivity index (χ4v) is 4.32. The van der Waals surface area contributed by atoms with Crippen molar-refractivity contribution in [1.82, 2.24) is 9.97 Å². The van der Waals surface area contributed by atoms with E-state index in [1.165, 1.54) is 13.2 Å². The van der Waals surface area contributed by atoms with Gasteiger partial charge in [0.15, 0.2) is 29.7 Å². The molecule has 0 amide bonds. The van der Waals surface area contributed by atoms with Gasteiger partial charge in [0.05, 0.1) is 26.8 Å². The number of carboxylic acid groups (broad SMARTS) is 1. The van der Waals surface area contributed by atoms with Crippen LogP contribution in [0.4, 0.5) is 17.3 Å². The van der Waals surface area contributed by atoms with E-state index in [2.05, 4.69) is 24.8 Å². The van der Waals surface area contributed by atoms with Crippen molar-refractivity contribution in [2.75, 3.05) is 17.1 Å². The summed E-state index contributed by atoms with van der Waals surface area (Å²) in [4.78, 5) is 37.5. The summed E-state index contributed by atoms with van der Waals surface area (Å²) in [5, 5.41) is 12.5. The molecule has 4 rings (SSSR count). The number of anilines is 2. The van der Waals surface area contributed by atoms with Gasteiger partial charge < -0.3 is 10.4 Å². The van der Waals surface area contributed by atoms with E-state index in [1.54, 1.807) is 36.4 Å².